The summed E-state index contributed by atoms with van der Waals surface area (Å²) in [6.07, 6.45) is 3.31. The first-order valence-electron chi connectivity index (χ1n) is 9.32. The van der Waals surface area contributed by atoms with E-state index in [-0.39, 0.29) is 32.7 Å². The fourth-order valence-corrected chi connectivity index (χ4v) is 1.12. The first kappa shape index (κ1) is 33.4. The van der Waals surface area contributed by atoms with Gasteiger partial charge >= 0.3 is 0 Å². The average molecular weight is 443 g/mol. The zero-order chi connectivity index (χ0) is 19.2. The third-order valence-electron chi connectivity index (χ3n) is 2.59. The molecule has 0 saturated heterocycles. The van der Waals surface area contributed by atoms with Gasteiger partial charge < -0.3 is 29.5 Å². The molecule has 6 nitrogen and oxygen atoms in total. The maximum Gasteiger partial charge on any atom is 0.154 e. The summed E-state index contributed by atoms with van der Waals surface area (Å²) < 4.78 is 14.7. The van der Waals surface area contributed by atoms with Gasteiger partial charge in [-0.3, -0.25) is 0 Å². The van der Waals surface area contributed by atoms with Gasteiger partial charge in [0, 0.05) is 52.5 Å². The van der Waals surface area contributed by atoms with Crippen molar-refractivity contribution in [2.24, 2.45) is 0 Å². The minimum absolute atomic E-state index is 0. The van der Waals surface area contributed by atoms with E-state index in [1.165, 1.54) is 0 Å². The van der Waals surface area contributed by atoms with E-state index in [0.29, 0.717) is 39.1 Å². The molecule has 3 unspecified atom stereocenters. The predicted molar refractivity (Wildman–Crippen MR) is 97.6 cm³/mol. The average Bonchev–Trinajstić information content (AvgIpc) is 2.62. The van der Waals surface area contributed by atoms with Crippen molar-refractivity contribution in [3.05, 3.63) is 0 Å². The largest absolute Gasteiger partial charge is 0.368 e. The Morgan fingerprint density at radius 2 is 0.720 bits per heavy atom. The van der Waals surface area contributed by atoms with Crippen molar-refractivity contribution >= 4 is 0 Å². The molecule has 0 bridgehead atoms. The first-order valence-corrected chi connectivity index (χ1v) is 9.32. The van der Waals surface area contributed by atoms with Crippen LogP contribution >= 0.6 is 0 Å². The summed E-state index contributed by atoms with van der Waals surface area (Å²) >= 11 is 0. The van der Waals surface area contributed by atoms with Gasteiger partial charge in [-0.2, -0.15) is 0 Å². The fourth-order valence-electron chi connectivity index (χ4n) is 1.12. The Hall–Kier alpha value is 0.864. The van der Waals surface area contributed by atoms with Crippen LogP contribution in [0, 0.1) is 0 Å². The minimum Gasteiger partial charge on any atom is -0.368 e. The molecule has 0 aromatic rings. The normalized spacial score (nSPS) is 13.3. The Labute approximate surface area is 180 Å². The third-order valence-corrected chi connectivity index (χ3v) is 2.59. The second kappa shape index (κ2) is 29.6. The van der Waals surface area contributed by atoms with Gasteiger partial charge in [-0.05, 0) is 38.5 Å². The van der Waals surface area contributed by atoms with Crippen LogP contribution in [0.4, 0.5) is 0 Å². The van der Waals surface area contributed by atoms with Crippen LogP contribution in [0.15, 0.2) is 0 Å². The van der Waals surface area contributed by atoms with E-state index in [0.717, 1.165) is 19.3 Å². The smallest absolute Gasteiger partial charge is 0.154 e. The molecular formula is C18H42O6Y. The quantitative estimate of drug-likeness (QED) is 0.401. The first-order chi connectivity index (χ1) is 11.4. The monoisotopic (exact) mass is 443 g/mol. The van der Waals surface area contributed by atoms with Crippen LogP contribution in [0.5, 0.6) is 0 Å². The van der Waals surface area contributed by atoms with Crippen LogP contribution in [0.3, 0.4) is 0 Å². The fraction of sp³-hybridized carbons (Fsp3) is 1.00. The number of aliphatic hydroxyl groups excluding tert-OH is 3. The molecule has 0 saturated carbocycles. The zero-order valence-corrected chi connectivity index (χ0v) is 20.1. The molecule has 0 aliphatic carbocycles. The van der Waals surface area contributed by atoms with Crippen molar-refractivity contribution in [3.63, 3.8) is 0 Å². The van der Waals surface area contributed by atoms with E-state index in [2.05, 4.69) is 0 Å². The van der Waals surface area contributed by atoms with Crippen molar-refractivity contribution in [2.75, 3.05) is 19.8 Å². The molecular weight excluding hydrogens is 401 g/mol. The van der Waals surface area contributed by atoms with Crippen LogP contribution in [0.25, 0.3) is 0 Å². The molecule has 25 heavy (non-hydrogen) atoms. The van der Waals surface area contributed by atoms with E-state index in [1.54, 1.807) is 0 Å². The van der Waals surface area contributed by atoms with Gasteiger partial charge in [0.2, 0.25) is 0 Å². The summed E-state index contributed by atoms with van der Waals surface area (Å²) in [5.41, 5.74) is 0. The molecule has 0 spiro atoms. The van der Waals surface area contributed by atoms with Gasteiger partial charge in [-0.1, -0.05) is 41.5 Å². The molecule has 3 atom stereocenters. The minimum atomic E-state index is -0.546. The molecule has 0 amide bonds. The van der Waals surface area contributed by atoms with Gasteiger partial charge in [0.05, 0.1) is 0 Å². The summed E-state index contributed by atoms with van der Waals surface area (Å²) in [6.45, 7) is 13.7. The molecule has 153 valence electrons. The second-order valence-electron chi connectivity index (χ2n) is 5.20. The third kappa shape index (κ3) is 36.5. The number of hydrogen-bond donors (Lipinski definition) is 3. The van der Waals surface area contributed by atoms with Crippen LogP contribution in [-0.2, 0) is 46.9 Å². The Morgan fingerprint density at radius 3 is 0.840 bits per heavy atom. The maximum atomic E-state index is 8.77. The van der Waals surface area contributed by atoms with Crippen LogP contribution < -0.4 is 0 Å². The molecule has 0 rings (SSSR count). The number of aliphatic hydroxyl groups is 3. The molecule has 0 aromatic carbocycles. The molecule has 0 fully saturated rings. The summed E-state index contributed by atoms with van der Waals surface area (Å²) in [4.78, 5) is 0. The van der Waals surface area contributed by atoms with E-state index in [9.17, 15) is 0 Å². The van der Waals surface area contributed by atoms with Crippen molar-refractivity contribution < 1.29 is 62.2 Å². The Balaban J connectivity index is -0.000000130. The molecule has 0 heterocycles. The predicted octanol–water partition coefficient (Wildman–Crippen LogP) is 3.42. The molecule has 7 heteroatoms. The standard InChI is InChI=1S/3C6H14O2.Y/c3*1-3-5-8-6(7)4-2;/h3*6-7H,3-5H2,1-2H3;. The summed E-state index contributed by atoms with van der Waals surface area (Å²) in [5.74, 6) is 0. The molecule has 3 N–H and O–H groups in total. The van der Waals surface area contributed by atoms with E-state index >= 15 is 0 Å². The summed E-state index contributed by atoms with van der Waals surface area (Å²) in [5, 5.41) is 26.3. The van der Waals surface area contributed by atoms with Crippen molar-refractivity contribution in [1.82, 2.24) is 0 Å². The van der Waals surface area contributed by atoms with E-state index in [1.807, 2.05) is 41.5 Å². The van der Waals surface area contributed by atoms with E-state index < -0.39 is 18.9 Å². The van der Waals surface area contributed by atoms with Gasteiger partial charge in [0.25, 0.3) is 0 Å². The molecule has 0 aliphatic rings. The molecule has 0 aliphatic heterocycles. The van der Waals surface area contributed by atoms with Gasteiger partial charge in [-0.15, -0.1) is 0 Å². The van der Waals surface area contributed by atoms with Gasteiger partial charge in [0.15, 0.2) is 18.9 Å². The number of rotatable bonds is 12. The summed E-state index contributed by atoms with van der Waals surface area (Å²) in [7, 11) is 0. The Morgan fingerprint density at radius 1 is 0.520 bits per heavy atom. The molecule has 1 radical (unpaired) electrons. The Kier molecular flexibility index (Phi) is 39.6. The van der Waals surface area contributed by atoms with Crippen LogP contribution in [0.2, 0.25) is 0 Å². The maximum absolute atomic E-state index is 8.77. The summed E-state index contributed by atoms with van der Waals surface area (Å²) in [6, 6.07) is 0. The topological polar surface area (TPSA) is 88.4 Å². The van der Waals surface area contributed by atoms with E-state index in [4.69, 9.17) is 29.5 Å². The van der Waals surface area contributed by atoms with Gasteiger partial charge in [-0.25, -0.2) is 0 Å². The number of hydrogen-bond acceptors (Lipinski definition) is 6. The van der Waals surface area contributed by atoms with Crippen molar-refractivity contribution in [2.45, 2.75) is 98.9 Å². The van der Waals surface area contributed by atoms with Crippen LogP contribution in [0.1, 0.15) is 80.1 Å². The molecule has 0 aromatic heterocycles. The Bertz CT molecular complexity index is 177. The van der Waals surface area contributed by atoms with Crippen LogP contribution in [-0.4, -0.2) is 54.0 Å². The SMILES string of the molecule is CCCOC(O)CC.CCCOC(O)CC.CCCOC(O)CC.[Y]. The van der Waals surface area contributed by atoms with Crippen molar-refractivity contribution in [3.8, 4) is 0 Å². The van der Waals surface area contributed by atoms with Gasteiger partial charge in [0.1, 0.15) is 0 Å². The van der Waals surface area contributed by atoms with Crippen molar-refractivity contribution in [1.29, 1.82) is 0 Å². The zero-order valence-electron chi connectivity index (χ0n) is 17.2. The number of ether oxygens (including phenoxy) is 3. The second-order valence-corrected chi connectivity index (χ2v) is 5.20.